The van der Waals surface area contributed by atoms with Crippen molar-refractivity contribution < 1.29 is 4.79 Å². The first-order chi connectivity index (χ1) is 16.7. The van der Waals surface area contributed by atoms with E-state index in [9.17, 15) is 4.79 Å². The lowest BCUT2D eigenvalue weighted by Gasteiger charge is -2.22. The first-order valence-corrected chi connectivity index (χ1v) is 12.3. The number of thiophene rings is 1. The number of rotatable bonds is 6. The first-order valence-electron chi connectivity index (χ1n) is 11.5. The van der Waals surface area contributed by atoms with Gasteiger partial charge in [0.15, 0.2) is 0 Å². The van der Waals surface area contributed by atoms with Crippen LogP contribution in [-0.4, -0.2) is 32.6 Å². The maximum absolute atomic E-state index is 12.9. The van der Waals surface area contributed by atoms with Gasteiger partial charge in [0, 0.05) is 28.4 Å². The fourth-order valence-electron chi connectivity index (χ4n) is 4.71. The molecule has 1 unspecified atom stereocenters. The van der Waals surface area contributed by atoms with Crippen molar-refractivity contribution in [2.24, 2.45) is 5.92 Å². The molecule has 3 N–H and O–H groups in total. The Hall–Kier alpha value is -3.78. The number of anilines is 2. The quantitative estimate of drug-likeness (QED) is 0.333. The number of hydrogen-bond acceptors (Lipinski definition) is 6. The van der Waals surface area contributed by atoms with Gasteiger partial charge >= 0.3 is 0 Å². The topological polar surface area (TPSA) is 95.6 Å². The highest BCUT2D eigenvalue weighted by atomic mass is 32.1. The molecule has 2 aromatic carbocycles. The van der Waals surface area contributed by atoms with Crippen molar-refractivity contribution in [1.29, 1.82) is 0 Å². The number of carbonyl (C=O) groups excluding carboxylic acids is 1. The van der Waals surface area contributed by atoms with Crippen molar-refractivity contribution in [2.75, 3.05) is 11.9 Å². The molecule has 0 saturated carbocycles. The van der Waals surface area contributed by atoms with E-state index in [1.165, 1.54) is 16.0 Å². The van der Waals surface area contributed by atoms with Crippen LogP contribution in [0.3, 0.4) is 0 Å². The fraction of sp³-hybridized carbons (Fsp3) is 0.231. The van der Waals surface area contributed by atoms with Crippen molar-refractivity contribution in [1.82, 2.24) is 25.5 Å². The Morgan fingerprint density at radius 3 is 2.97 bits per heavy atom. The summed E-state index contributed by atoms with van der Waals surface area (Å²) >= 11 is 1.68. The molecular formula is C26H24N6OS. The molecule has 6 rings (SSSR count). The normalized spacial score (nSPS) is 15.4. The second kappa shape index (κ2) is 8.87. The van der Waals surface area contributed by atoms with Gasteiger partial charge in [0.25, 0.3) is 0 Å². The van der Waals surface area contributed by atoms with E-state index in [2.05, 4.69) is 49.0 Å². The molecule has 0 aliphatic heterocycles. The average molecular weight is 469 g/mol. The lowest BCUT2D eigenvalue weighted by Crippen LogP contribution is -2.34. The Kier molecular flexibility index (Phi) is 5.43. The Balaban J connectivity index is 1.18. The Morgan fingerprint density at radius 2 is 2.06 bits per heavy atom. The van der Waals surface area contributed by atoms with Gasteiger partial charge in [-0.3, -0.25) is 9.89 Å². The number of H-pyrrole nitrogens is 1. The first kappa shape index (κ1) is 20.8. The third-order valence-electron chi connectivity index (χ3n) is 6.47. The number of aryl methyl sites for hydroxylation is 1. The summed E-state index contributed by atoms with van der Waals surface area (Å²) < 4.78 is 0. The van der Waals surface area contributed by atoms with E-state index < -0.39 is 0 Å². The molecule has 8 heteroatoms. The molecule has 7 nitrogen and oxygen atoms in total. The maximum Gasteiger partial charge on any atom is 0.223 e. The standard InChI is InChI=1S/C26H24N6OS/c33-25(27-11-10-16-4-2-1-3-5-16)17-6-8-20-22(13-17)34-26-23(20)24(28-15-29-26)31-19-7-9-21-18(12-19)14-30-32-21/h1-5,7,9,12,14-15,17H,6,8,10-11,13H2,(H,27,33)(H,30,32)(H,28,29,31). The van der Waals surface area contributed by atoms with Crippen molar-refractivity contribution >= 4 is 49.9 Å². The third-order valence-corrected chi connectivity index (χ3v) is 7.64. The zero-order valence-electron chi connectivity index (χ0n) is 18.5. The summed E-state index contributed by atoms with van der Waals surface area (Å²) in [5.41, 5.74) is 4.48. The van der Waals surface area contributed by atoms with Gasteiger partial charge in [0.2, 0.25) is 5.91 Å². The number of amides is 1. The van der Waals surface area contributed by atoms with E-state index in [1.54, 1.807) is 17.7 Å². The van der Waals surface area contributed by atoms with Gasteiger partial charge in [-0.25, -0.2) is 9.97 Å². The molecule has 0 bridgehead atoms. The Bertz CT molecular complexity index is 1480. The fourth-order valence-corrected chi connectivity index (χ4v) is 5.97. The summed E-state index contributed by atoms with van der Waals surface area (Å²) in [7, 11) is 0. The van der Waals surface area contributed by atoms with E-state index >= 15 is 0 Å². The van der Waals surface area contributed by atoms with Gasteiger partial charge in [-0.05, 0) is 55.0 Å². The highest BCUT2D eigenvalue weighted by Crippen LogP contribution is 2.40. The number of nitrogens with zero attached hydrogens (tertiary/aromatic N) is 3. The summed E-state index contributed by atoms with van der Waals surface area (Å²) in [6.45, 7) is 0.666. The van der Waals surface area contributed by atoms with Gasteiger partial charge in [-0.1, -0.05) is 30.3 Å². The summed E-state index contributed by atoms with van der Waals surface area (Å²) in [5.74, 6) is 0.970. The highest BCUT2D eigenvalue weighted by molar-refractivity contribution is 7.19. The smallest absolute Gasteiger partial charge is 0.223 e. The molecule has 1 aliphatic rings. The van der Waals surface area contributed by atoms with E-state index in [0.717, 1.165) is 58.3 Å². The zero-order chi connectivity index (χ0) is 22.9. The molecule has 1 aliphatic carbocycles. The minimum Gasteiger partial charge on any atom is -0.356 e. The molecule has 3 heterocycles. The van der Waals surface area contributed by atoms with Crippen LogP contribution in [0, 0.1) is 5.92 Å². The highest BCUT2D eigenvalue weighted by Gasteiger charge is 2.29. The average Bonchev–Trinajstić information content (AvgIpc) is 3.48. The molecule has 3 aromatic heterocycles. The van der Waals surface area contributed by atoms with Crippen LogP contribution in [-0.2, 0) is 24.1 Å². The van der Waals surface area contributed by atoms with E-state index in [-0.39, 0.29) is 11.8 Å². The van der Waals surface area contributed by atoms with Crippen LogP contribution in [0.5, 0.6) is 0 Å². The van der Waals surface area contributed by atoms with Gasteiger partial charge < -0.3 is 10.6 Å². The Labute approximate surface area is 200 Å². The summed E-state index contributed by atoms with van der Waals surface area (Å²) in [4.78, 5) is 24.2. The van der Waals surface area contributed by atoms with Crippen LogP contribution in [0.1, 0.15) is 22.4 Å². The number of fused-ring (bicyclic) bond motifs is 4. The molecular weight excluding hydrogens is 444 g/mol. The van der Waals surface area contributed by atoms with E-state index in [4.69, 9.17) is 0 Å². The van der Waals surface area contributed by atoms with Gasteiger partial charge in [0.05, 0.1) is 17.1 Å². The minimum absolute atomic E-state index is 0.00389. The van der Waals surface area contributed by atoms with Crippen LogP contribution < -0.4 is 10.6 Å². The van der Waals surface area contributed by atoms with Crippen LogP contribution in [0.4, 0.5) is 11.5 Å². The van der Waals surface area contributed by atoms with Crippen LogP contribution in [0.25, 0.3) is 21.1 Å². The lowest BCUT2D eigenvalue weighted by molar-refractivity contribution is -0.125. The number of hydrogen-bond donors (Lipinski definition) is 3. The molecule has 0 spiro atoms. The minimum atomic E-state index is 0.00389. The Morgan fingerprint density at radius 1 is 1.15 bits per heavy atom. The van der Waals surface area contributed by atoms with E-state index in [1.807, 2.05) is 36.5 Å². The van der Waals surface area contributed by atoms with Crippen LogP contribution >= 0.6 is 11.3 Å². The lowest BCUT2D eigenvalue weighted by atomic mass is 9.87. The molecule has 34 heavy (non-hydrogen) atoms. The summed E-state index contributed by atoms with van der Waals surface area (Å²) in [6, 6.07) is 16.3. The number of benzene rings is 2. The molecule has 1 atom stereocenters. The molecule has 170 valence electrons. The SMILES string of the molecule is O=C(NCCc1ccccc1)C1CCc2c(sc3ncnc(Nc4ccc5[nH]ncc5c4)c23)C1. The molecule has 1 amide bonds. The van der Waals surface area contributed by atoms with E-state index in [0.29, 0.717) is 6.54 Å². The largest absolute Gasteiger partial charge is 0.356 e. The van der Waals surface area contributed by atoms with Crippen molar-refractivity contribution in [3.8, 4) is 0 Å². The van der Waals surface area contributed by atoms with Crippen molar-refractivity contribution in [2.45, 2.75) is 25.7 Å². The number of carbonyl (C=O) groups is 1. The molecule has 0 fully saturated rings. The van der Waals surface area contributed by atoms with Crippen molar-refractivity contribution in [3.63, 3.8) is 0 Å². The third kappa shape index (κ3) is 4.01. The summed E-state index contributed by atoms with van der Waals surface area (Å²) in [5, 5.41) is 15.8. The van der Waals surface area contributed by atoms with Gasteiger partial charge in [-0.2, -0.15) is 5.10 Å². The van der Waals surface area contributed by atoms with Crippen LogP contribution in [0.15, 0.2) is 61.1 Å². The monoisotopic (exact) mass is 468 g/mol. The predicted octanol–water partition coefficient (Wildman–Crippen LogP) is 4.78. The second-order valence-corrected chi connectivity index (χ2v) is 9.75. The zero-order valence-corrected chi connectivity index (χ0v) is 19.4. The summed E-state index contributed by atoms with van der Waals surface area (Å²) in [6.07, 6.45) is 6.72. The number of aromatic amines is 1. The number of nitrogens with one attached hydrogen (secondary N) is 3. The molecule has 5 aromatic rings. The second-order valence-electron chi connectivity index (χ2n) is 8.67. The molecule has 0 radical (unpaired) electrons. The van der Waals surface area contributed by atoms with Gasteiger partial charge in [-0.15, -0.1) is 11.3 Å². The van der Waals surface area contributed by atoms with Crippen LogP contribution in [0.2, 0.25) is 0 Å². The van der Waals surface area contributed by atoms with Crippen molar-refractivity contribution in [3.05, 3.63) is 77.1 Å². The number of aromatic nitrogens is 4. The maximum atomic E-state index is 12.9. The predicted molar refractivity (Wildman–Crippen MR) is 135 cm³/mol. The van der Waals surface area contributed by atoms with Gasteiger partial charge in [0.1, 0.15) is 17.0 Å². The molecule has 0 saturated heterocycles.